The Morgan fingerprint density at radius 2 is 1.84 bits per heavy atom. The van der Waals surface area contributed by atoms with E-state index in [1.165, 1.54) is 17.3 Å². The Balaban J connectivity index is 1.61. The molecular formula is C29H35NO5S2. The molecular weight excluding hydrogens is 506 g/mol. The smallest absolute Gasteiger partial charge is 0.305 e. The number of amides is 1. The van der Waals surface area contributed by atoms with Crippen LogP contribution in [0.3, 0.4) is 0 Å². The van der Waals surface area contributed by atoms with Crippen molar-refractivity contribution in [1.29, 1.82) is 0 Å². The first-order valence-electron chi connectivity index (χ1n) is 12.4. The molecule has 0 N–H and O–H groups in total. The van der Waals surface area contributed by atoms with Crippen LogP contribution in [0, 0.1) is 0 Å². The minimum Gasteiger partial charge on any atom is -0.493 e. The third-order valence-corrected chi connectivity index (χ3v) is 7.18. The molecule has 0 atom stereocenters. The summed E-state index contributed by atoms with van der Waals surface area (Å²) in [5.74, 6) is 0.803. The molecule has 0 aliphatic carbocycles. The van der Waals surface area contributed by atoms with Crippen LogP contribution in [0.15, 0.2) is 47.4 Å². The van der Waals surface area contributed by atoms with Gasteiger partial charge in [-0.05, 0) is 53.2 Å². The fourth-order valence-corrected chi connectivity index (χ4v) is 4.98. The van der Waals surface area contributed by atoms with E-state index >= 15 is 0 Å². The number of carbonyl (C=O) groups excluding carboxylic acids is 2. The van der Waals surface area contributed by atoms with Gasteiger partial charge >= 0.3 is 5.97 Å². The van der Waals surface area contributed by atoms with Crippen molar-refractivity contribution in [2.24, 2.45) is 0 Å². The maximum absolute atomic E-state index is 12.9. The van der Waals surface area contributed by atoms with Gasteiger partial charge in [0.05, 0.1) is 18.6 Å². The fourth-order valence-electron chi connectivity index (χ4n) is 3.67. The molecule has 0 saturated carbocycles. The van der Waals surface area contributed by atoms with E-state index in [1.807, 2.05) is 25.1 Å². The first kappa shape index (κ1) is 28.7. The number of thioether (sulfide) groups is 1. The van der Waals surface area contributed by atoms with Crippen LogP contribution in [0.4, 0.5) is 0 Å². The number of nitrogens with zero attached hydrogens (tertiary/aromatic N) is 1. The van der Waals surface area contributed by atoms with Crippen LogP contribution in [0.5, 0.6) is 11.5 Å². The standard InChI is InChI=1S/C29H35NO5S2/c1-6-16-34-26(31)8-7-15-30-27(32)25(37-28(30)36)18-21-11-14-23(24(17-21)33-5)35-19-20-9-12-22(13-10-20)29(2,3)4/h9-14,17-18H,6-8,15-16,19H2,1-5H3/b25-18+. The van der Waals surface area contributed by atoms with E-state index in [-0.39, 0.29) is 23.7 Å². The summed E-state index contributed by atoms with van der Waals surface area (Å²) >= 11 is 6.66. The fraction of sp³-hybridized carbons (Fsp3) is 0.414. The molecule has 6 nitrogen and oxygen atoms in total. The lowest BCUT2D eigenvalue weighted by Crippen LogP contribution is -2.29. The largest absolute Gasteiger partial charge is 0.493 e. The molecule has 8 heteroatoms. The molecule has 0 bridgehead atoms. The van der Waals surface area contributed by atoms with Gasteiger partial charge in [-0.15, -0.1) is 0 Å². The predicted octanol–water partition coefficient (Wildman–Crippen LogP) is 6.51. The van der Waals surface area contributed by atoms with Crippen molar-refractivity contribution in [2.75, 3.05) is 20.3 Å². The summed E-state index contributed by atoms with van der Waals surface area (Å²) in [7, 11) is 1.59. The number of hydrogen-bond donors (Lipinski definition) is 0. The summed E-state index contributed by atoms with van der Waals surface area (Å²) in [4.78, 5) is 26.7. The van der Waals surface area contributed by atoms with Gasteiger partial charge < -0.3 is 14.2 Å². The first-order chi connectivity index (χ1) is 17.6. The molecule has 1 aliphatic rings. The Kier molecular flexibility index (Phi) is 10.2. The second-order valence-electron chi connectivity index (χ2n) is 9.80. The van der Waals surface area contributed by atoms with Crippen LogP contribution in [0.2, 0.25) is 0 Å². The highest BCUT2D eigenvalue weighted by Gasteiger charge is 2.31. The molecule has 1 fully saturated rings. The molecule has 0 aromatic heterocycles. The van der Waals surface area contributed by atoms with E-state index in [0.717, 1.165) is 17.5 Å². The van der Waals surface area contributed by atoms with Crippen LogP contribution < -0.4 is 9.47 Å². The van der Waals surface area contributed by atoms with Crippen molar-refractivity contribution >= 4 is 46.3 Å². The number of ether oxygens (including phenoxy) is 3. The highest BCUT2D eigenvalue weighted by atomic mass is 32.2. The minimum absolute atomic E-state index is 0.106. The van der Waals surface area contributed by atoms with Gasteiger partial charge in [0.25, 0.3) is 5.91 Å². The van der Waals surface area contributed by atoms with Gasteiger partial charge in [0.2, 0.25) is 0 Å². The third kappa shape index (κ3) is 8.07. The van der Waals surface area contributed by atoms with E-state index in [4.69, 9.17) is 26.4 Å². The van der Waals surface area contributed by atoms with Gasteiger partial charge in [0.1, 0.15) is 10.9 Å². The zero-order chi connectivity index (χ0) is 27.0. The SMILES string of the molecule is CCCOC(=O)CCCN1C(=O)/C(=C\c2ccc(OCc3ccc(C(C)(C)C)cc3)c(OC)c2)SC1=S. The summed E-state index contributed by atoms with van der Waals surface area (Å²) in [6.07, 6.45) is 3.34. The summed E-state index contributed by atoms with van der Waals surface area (Å²) in [6, 6.07) is 14.0. The summed E-state index contributed by atoms with van der Waals surface area (Å²) in [6.45, 7) is 9.74. The lowest BCUT2D eigenvalue weighted by atomic mass is 9.87. The molecule has 0 unspecified atom stereocenters. The van der Waals surface area contributed by atoms with Crippen molar-refractivity contribution in [2.45, 2.75) is 59.0 Å². The van der Waals surface area contributed by atoms with Crippen molar-refractivity contribution in [3.8, 4) is 11.5 Å². The Morgan fingerprint density at radius 1 is 1.11 bits per heavy atom. The van der Waals surface area contributed by atoms with Crippen LogP contribution in [0.1, 0.15) is 63.6 Å². The van der Waals surface area contributed by atoms with Crippen LogP contribution in [-0.4, -0.2) is 41.4 Å². The highest BCUT2D eigenvalue weighted by molar-refractivity contribution is 8.26. The average molecular weight is 542 g/mol. The molecule has 1 saturated heterocycles. The molecule has 0 spiro atoms. The molecule has 1 heterocycles. The van der Waals surface area contributed by atoms with Gasteiger partial charge in [-0.3, -0.25) is 14.5 Å². The zero-order valence-electron chi connectivity index (χ0n) is 22.2. The minimum atomic E-state index is -0.251. The van der Waals surface area contributed by atoms with Crippen LogP contribution >= 0.6 is 24.0 Å². The van der Waals surface area contributed by atoms with Crippen LogP contribution in [-0.2, 0) is 26.3 Å². The van der Waals surface area contributed by atoms with E-state index in [9.17, 15) is 9.59 Å². The monoisotopic (exact) mass is 541 g/mol. The van der Waals surface area contributed by atoms with Crippen LogP contribution in [0.25, 0.3) is 6.08 Å². The second kappa shape index (κ2) is 13.1. The molecule has 3 rings (SSSR count). The molecule has 2 aromatic carbocycles. The molecule has 1 aliphatic heterocycles. The summed E-state index contributed by atoms with van der Waals surface area (Å²) in [5.41, 5.74) is 3.26. The highest BCUT2D eigenvalue weighted by Crippen LogP contribution is 2.35. The Hall–Kier alpha value is -2.84. The molecule has 0 radical (unpaired) electrons. The number of benzene rings is 2. The maximum atomic E-state index is 12.9. The van der Waals surface area contributed by atoms with Gasteiger partial charge in [-0.25, -0.2) is 0 Å². The Morgan fingerprint density at radius 3 is 2.49 bits per heavy atom. The topological polar surface area (TPSA) is 65.1 Å². The Labute approximate surface area is 229 Å². The van der Waals surface area contributed by atoms with Crippen molar-refractivity contribution < 1.29 is 23.8 Å². The number of hydrogen-bond acceptors (Lipinski definition) is 7. The predicted molar refractivity (Wildman–Crippen MR) is 153 cm³/mol. The first-order valence-corrected chi connectivity index (χ1v) is 13.7. The number of carbonyl (C=O) groups is 2. The summed E-state index contributed by atoms with van der Waals surface area (Å²) in [5, 5.41) is 0. The number of methoxy groups -OCH3 is 1. The lowest BCUT2D eigenvalue weighted by Gasteiger charge is -2.19. The number of rotatable bonds is 11. The van der Waals surface area contributed by atoms with E-state index in [1.54, 1.807) is 18.1 Å². The number of thiocarbonyl (C=S) groups is 1. The van der Waals surface area contributed by atoms with Crippen molar-refractivity contribution in [3.05, 3.63) is 64.1 Å². The third-order valence-electron chi connectivity index (χ3n) is 5.80. The summed E-state index contributed by atoms with van der Waals surface area (Å²) < 4.78 is 17.1. The van der Waals surface area contributed by atoms with Gasteiger partial charge in [-0.1, -0.05) is 82.0 Å². The van der Waals surface area contributed by atoms with Crippen molar-refractivity contribution in [1.82, 2.24) is 4.90 Å². The zero-order valence-corrected chi connectivity index (χ0v) is 23.8. The lowest BCUT2D eigenvalue weighted by molar-refractivity contribution is -0.144. The van der Waals surface area contributed by atoms with Gasteiger partial charge in [0, 0.05) is 13.0 Å². The maximum Gasteiger partial charge on any atom is 0.305 e. The quantitative estimate of drug-likeness (QED) is 0.183. The number of esters is 1. The van der Waals surface area contributed by atoms with E-state index in [2.05, 4.69) is 45.0 Å². The molecule has 1 amide bonds. The van der Waals surface area contributed by atoms with Crippen molar-refractivity contribution in [3.63, 3.8) is 0 Å². The molecule has 198 valence electrons. The average Bonchev–Trinajstić information content (AvgIpc) is 3.13. The van der Waals surface area contributed by atoms with Gasteiger partial charge in [0.15, 0.2) is 11.5 Å². The van der Waals surface area contributed by atoms with Gasteiger partial charge in [-0.2, -0.15) is 0 Å². The molecule has 37 heavy (non-hydrogen) atoms. The normalized spacial score (nSPS) is 14.8. The van der Waals surface area contributed by atoms with E-state index in [0.29, 0.717) is 46.9 Å². The second-order valence-corrected chi connectivity index (χ2v) is 11.5. The Bertz CT molecular complexity index is 1150. The van der Waals surface area contributed by atoms with E-state index < -0.39 is 0 Å². The molecule has 2 aromatic rings.